The van der Waals surface area contributed by atoms with Crippen molar-refractivity contribution in [1.29, 1.82) is 0 Å². The molecule has 0 saturated heterocycles. The van der Waals surface area contributed by atoms with E-state index < -0.39 is 11.8 Å². The minimum Gasteiger partial charge on any atom is -0.366 e. The summed E-state index contributed by atoms with van der Waals surface area (Å²) in [6.45, 7) is 0. The molecule has 3 aromatic rings. The first-order chi connectivity index (χ1) is 13.0. The molecule has 0 bridgehead atoms. The molecule has 0 aliphatic carbocycles. The van der Waals surface area contributed by atoms with Crippen LogP contribution in [0.4, 0.5) is 0 Å². The van der Waals surface area contributed by atoms with E-state index in [1.54, 1.807) is 41.9 Å². The van der Waals surface area contributed by atoms with Crippen LogP contribution in [-0.4, -0.2) is 17.0 Å². The first-order valence-corrected chi connectivity index (χ1v) is 9.00. The average Bonchev–Trinajstić information content (AvgIpc) is 2.69. The molecule has 2 amide bonds. The quantitative estimate of drug-likeness (QED) is 0.427. The second-order valence-corrected chi connectivity index (χ2v) is 6.93. The number of halogens is 1. The number of benzene rings is 3. The average molecular weight is 425 g/mol. The van der Waals surface area contributed by atoms with E-state index in [4.69, 9.17) is 10.9 Å². The molecule has 0 unspecified atom stereocenters. The lowest BCUT2D eigenvalue weighted by Gasteiger charge is -2.14. The van der Waals surface area contributed by atoms with Crippen LogP contribution in [0.2, 0.25) is 0 Å². The van der Waals surface area contributed by atoms with Crippen molar-refractivity contribution in [1.82, 2.24) is 5.48 Å². The van der Waals surface area contributed by atoms with Gasteiger partial charge in [0.15, 0.2) is 0 Å². The Morgan fingerprint density at radius 1 is 0.963 bits per heavy atom. The molecule has 0 aliphatic rings. The van der Waals surface area contributed by atoms with Gasteiger partial charge < -0.3 is 5.73 Å². The lowest BCUT2D eigenvalue weighted by molar-refractivity contribution is 0.0706. The van der Waals surface area contributed by atoms with E-state index in [-0.39, 0.29) is 0 Å². The fourth-order valence-corrected chi connectivity index (χ4v) is 3.22. The minimum atomic E-state index is -0.581. The molecular formula is C21H17BrN2O3. The zero-order valence-corrected chi connectivity index (χ0v) is 15.9. The van der Waals surface area contributed by atoms with Gasteiger partial charge >= 0.3 is 0 Å². The summed E-state index contributed by atoms with van der Waals surface area (Å²) in [5.41, 5.74) is 11.6. The number of primary amides is 1. The Hall–Kier alpha value is -2.96. The van der Waals surface area contributed by atoms with Crippen molar-refractivity contribution in [2.45, 2.75) is 6.42 Å². The van der Waals surface area contributed by atoms with Gasteiger partial charge in [0, 0.05) is 15.6 Å². The van der Waals surface area contributed by atoms with Crippen LogP contribution in [0.25, 0.3) is 11.1 Å². The van der Waals surface area contributed by atoms with Gasteiger partial charge in [-0.15, -0.1) is 0 Å². The van der Waals surface area contributed by atoms with Crippen LogP contribution < -0.4 is 11.2 Å². The largest absolute Gasteiger partial charge is 0.366 e. The SMILES string of the molecule is NC(=O)c1cccc(-c2ccc(C(=O)NO)cc2)c1Cc1ccc(Br)cc1. The number of carbonyl (C=O) groups is 2. The topological polar surface area (TPSA) is 92.4 Å². The molecule has 0 spiro atoms. The Morgan fingerprint density at radius 2 is 1.63 bits per heavy atom. The Balaban J connectivity index is 2.06. The van der Waals surface area contributed by atoms with Gasteiger partial charge in [-0.25, -0.2) is 5.48 Å². The normalized spacial score (nSPS) is 10.4. The molecule has 0 atom stereocenters. The third-order valence-electron chi connectivity index (χ3n) is 4.30. The summed E-state index contributed by atoms with van der Waals surface area (Å²) in [5.74, 6) is -1.07. The zero-order valence-electron chi connectivity index (χ0n) is 14.3. The predicted octanol–water partition coefficient (Wildman–Crippen LogP) is 3.92. The summed E-state index contributed by atoms with van der Waals surface area (Å²) in [6, 6.07) is 20.1. The second kappa shape index (κ2) is 8.16. The number of hydrogen-bond acceptors (Lipinski definition) is 3. The molecule has 0 aliphatic heterocycles. The molecule has 3 aromatic carbocycles. The standard InChI is InChI=1S/C21H17BrN2O3/c22-16-10-4-13(5-11-16)12-19-17(2-1-3-18(19)20(23)25)14-6-8-15(9-7-14)21(26)24-27/h1-11,27H,12H2,(H2,23,25)(H,24,26). The van der Waals surface area contributed by atoms with Gasteiger partial charge in [-0.3, -0.25) is 14.8 Å². The predicted molar refractivity (Wildman–Crippen MR) is 107 cm³/mol. The van der Waals surface area contributed by atoms with Crippen LogP contribution in [0.15, 0.2) is 71.2 Å². The van der Waals surface area contributed by atoms with Crippen molar-refractivity contribution in [2.75, 3.05) is 0 Å². The summed E-state index contributed by atoms with van der Waals surface area (Å²) < 4.78 is 0.979. The van der Waals surface area contributed by atoms with Crippen molar-refractivity contribution in [3.8, 4) is 11.1 Å². The van der Waals surface area contributed by atoms with E-state index in [2.05, 4.69) is 15.9 Å². The van der Waals surface area contributed by atoms with E-state index in [0.29, 0.717) is 17.5 Å². The summed E-state index contributed by atoms with van der Waals surface area (Å²) in [5, 5.41) is 8.75. The van der Waals surface area contributed by atoms with E-state index >= 15 is 0 Å². The molecule has 136 valence electrons. The Morgan fingerprint density at radius 3 is 2.22 bits per heavy atom. The van der Waals surface area contributed by atoms with E-state index in [0.717, 1.165) is 26.7 Å². The number of nitrogens with one attached hydrogen (secondary N) is 1. The van der Waals surface area contributed by atoms with Gasteiger partial charge in [-0.1, -0.05) is 52.3 Å². The number of rotatable bonds is 5. The van der Waals surface area contributed by atoms with Crippen LogP contribution >= 0.6 is 15.9 Å². The summed E-state index contributed by atoms with van der Waals surface area (Å²) in [7, 11) is 0. The van der Waals surface area contributed by atoms with E-state index in [1.165, 1.54) is 0 Å². The fourth-order valence-electron chi connectivity index (χ4n) is 2.95. The Kier molecular flexibility index (Phi) is 5.69. The molecule has 0 fully saturated rings. The molecule has 6 heteroatoms. The zero-order chi connectivity index (χ0) is 19.4. The number of hydroxylamine groups is 1. The number of carbonyl (C=O) groups excluding carboxylic acids is 2. The first kappa shape index (κ1) is 18.8. The highest BCUT2D eigenvalue weighted by molar-refractivity contribution is 9.10. The molecule has 4 N–H and O–H groups in total. The lowest BCUT2D eigenvalue weighted by atomic mass is 9.90. The minimum absolute atomic E-state index is 0.335. The summed E-state index contributed by atoms with van der Waals surface area (Å²) >= 11 is 3.42. The molecule has 0 aromatic heterocycles. The van der Waals surface area contributed by atoms with Crippen LogP contribution in [-0.2, 0) is 6.42 Å². The molecule has 3 rings (SSSR count). The lowest BCUT2D eigenvalue weighted by Crippen LogP contribution is -2.18. The molecule has 0 saturated carbocycles. The van der Waals surface area contributed by atoms with Crippen molar-refractivity contribution in [2.24, 2.45) is 5.73 Å². The summed E-state index contributed by atoms with van der Waals surface area (Å²) in [6.07, 6.45) is 0.542. The van der Waals surface area contributed by atoms with Crippen molar-refractivity contribution < 1.29 is 14.8 Å². The second-order valence-electron chi connectivity index (χ2n) is 6.02. The van der Waals surface area contributed by atoms with Crippen LogP contribution in [0.3, 0.4) is 0 Å². The molecule has 5 nitrogen and oxygen atoms in total. The highest BCUT2D eigenvalue weighted by Gasteiger charge is 2.15. The van der Waals surface area contributed by atoms with Crippen LogP contribution in [0.1, 0.15) is 31.8 Å². The molecular weight excluding hydrogens is 408 g/mol. The van der Waals surface area contributed by atoms with Crippen molar-refractivity contribution in [3.05, 3.63) is 93.5 Å². The van der Waals surface area contributed by atoms with Crippen LogP contribution in [0, 0.1) is 0 Å². The van der Waals surface area contributed by atoms with Gasteiger partial charge in [-0.05, 0) is 59.0 Å². The van der Waals surface area contributed by atoms with Crippen molar-refractivity contribution >= 4 is 27.7 Å². The Bertz CT molecular complexity index is 983. The number of hydrogen-bond donors (Lipinski definition) is 3. The first-order valence-electron chi connectivity index (χ1n) is 8.20. The molecule has 0 radical (unpaired) electrons. The third kappa shape index (κ3) is 4.24. The van der Waals surface area contributed by atoms with Gasteiger partial charge in [0.05, 0.1) is 0 Å². The molecule has 27 heavy (non-hydrogen) atoms. The number of amides is 2. The monoisotopic (exact) mass is 424 g/mol. The highest BCUT2D eigenvalue weighted by Crippen LogP contribution is 2.29. The smallest absolute Gasteiger partial charge is 0.274 e. The van der Waals surface area contributed by atoms with Gasteiger partial charge in [0.2, 0.25) is 5.91 Å². The third-order valence-corrected chi connectivity index (χ3v) is 4.82. The van der Waals surface area contributed by atoms with E-state index in [9.17, 15) is 9.59 Å². The van der Waals surface area contributed by atoms with Gasteiger partial charge in [0.25, 0.3) is 5.91 Å². The van der Waals surface area contributed by atoms with Gasteiger partial charge in [-0.2, -0.15) is 0 Å². The maximum atomic E-state index is 12.0. The fraction of sp³-hybridized carbons (Fsp3) is 0.0476. The number of nitrogens with two attached hydrogens (primary N) is 1. The highest BCUT2D eigenvalue weighted by atomic mass is 79.9. The Labute approximate surface area is 164 Å². The van der Waals surface area contributed by atoms with Crippen molar-refractivity contribution in [3.63, 3.8) is 0 Å². The maximum absolute atomic E-state index is 12.0. The van der Waals surface area contributed by atoms with E-state index in [1.807, 2.05) is 30.3 Å². The van der Waals surface area contributed by atoms with Crippen LogP contribution in [0.5, 0.6) is 0 Å². The van der Waals surface area contributed by atoms with Gasteiger partial charge in [0.1, 0.15) is 0 Å². The molecule has 0 heterocycles. The summed E-state index contributed by atoms with van der Waals surface area (Å²) in [4.78, 5) is 23.5. The maximum Gasteiger partial charge on any atom is 0.274 e.